The maximum absolute atomic E-state index is 13.1. The third kappa shape index (κ3) is 5.25. The van der Waals surface area contributed by atoms with Gasteiger partial charge in [0.25, 0.3) is 0 Å². The second-order valence-electron chi connectivity index (χ2n) is 5.72. The maximum Gasteiger partial charge on any atom is 0.222 e. The predicted octanol–water partition coefficient (Wildman–Crippen LogP) is 0.879. The highest BCUT2D eigenvalue weighted by molar-refractivity contribution is 7.89. The zero-order chi connectivity index (χ0) is 17.6. The summed E-state index contributed by atoms with van der Waals surface area (Å²) < 4.78 is 43.5. The number of benzene rings is 1. The van der Waals surface area contributed by atoms with Gasteiger partial charge in [-0.15, -0.1) is 0 Å². The largest absolute Gasteiger partial charge is 0.384 e. The molecule has 0 saturated carbocycles. The molecule has 0 aliphatic carbocycles. The van der Waals surface area contributed by atoms with Crippen molar-refractivity contribution in [1.82, 2.24) is 9.21 Å². The third-order valence-corrected chi connectivity index (χ3v) is 5.88. The number of piperazine rings is 1. The molecule has 1 aliphatic rings. The minimum absolute atomic E-state index is 0.0341. The first kappa shape index (κ1) is 18.8. The van der Waals surface area contributed by atoms with Crippen molar-refractivity contribution in [2.45, 2.75) is 12.8 Å². The lowest BCUT2D eigenvalue weighted by atomic mass is 10.1. The smallest absolute Gasteiger partial charge is 0.222 e. The molecule has 8 heteroatoms. The Morgan fingerprint density at radius 2 is 1.96 bits per heavy atom. The summed E-state index contributed by atoms with van der Waals surface area (Å²) in [6.07, 6.45) is 0.767. The Bertz CT molecular complexity index is 658. The highest BCUT2D eigenvalue weighted by Crippen LogP contribution is 2.11. The average molecular weight is 358 g/mol. The molecule has 0 spiro atoms. The van der Waals surface area contributed by atoms with E-state index in [0.29, 0.717) is 39.0 Å². The number of carbonyl (C=O) groups excluding carboxylic acids is 1. The monoisotopic (exact) mass is 358 g/mol. The van der Waals surface area contributed by atoms with Gasteiger partial charge in [0.05, 0.1) is 12.4 Å². The van der Waals surface area contributed by atoms with E-state index >= 15 is 0 Å². The van der Waals surface area contributed by atoms with Gasteiger partial charge in [-0.05, 0) is 24.1 Å². The Morgan fingerprint density at radius 1 is 1.25 bits per heavy atom. The van der Waals surface area contributed by atoms with E-state index in [-0.39, 0.29) is 24.1 Å². The minimum Gasteiger partial charge on any atom is -0.384 e. The molecule has 0 aromatic heterocycles. The standard InChI is InChI=1S/C16H23FN2O4S/c1-23-11-12-24(21,22)19-9-7-18(8-10-19)16(20)6-5-14-3-2-4-15(17)13-14/h2-4,13H,5-12H2,1H3. The lowest BCUT2D eigenvalue weighted by molar-refractivity contribution is -0.132. The second-order valence-corrected chi connectivity index (χ2v) is 7.81. The zero-order valence-electron chi connectivity index (χ0n) is 13.8. The maximum atomic E-state index is 13.1. The van der Waals surface area contributed by atoms with Crippen LogP contribution in [0.3, 0.4) is 0 Å². The summed E-state index contributed by atoms with van der Waals surface area (Å²) in [5, 5.41) is 0. The highest BCUT2D eigenvalue weighted by atomic mass is 32.2. The average Bonchev–Trinajstić information content (AvgIpc) is 2.58. The first-order valence-corrected chi connectivity index (χ1v) is 9.52. The van der Waals surface area contributed by atoms with Gasteiger partial charge < -0.3 is 9.64 Å². The molecular formula is C16H23FN2O4S. The van der Waals surface area contributed by atoms with Gasteiger partial charge in [0, 0.05) is 39.7 Å². The molecule has 134 valence electrons. The van der Waals surface area contributed by atoms with Gasteiger partial charge >= 0.3 is 0 Å². The van der Waals surface area contributed by atoms with Crippen LogP contribution in [-0.2, 0) is 26.0 Å². The van der Waals surface area contributed by atoms with E-state index in [2.05, 4.69) is 0 Å². The van der Waals surface area contributed by atoms with Gasteiger partial charge in [-0.2, -0.15) is 4.31 Å². The SMILES string of the molecule is COCCS(=O)(=O)N1CCN(C(=O)CCc2cccc(F)c2)CC1. The van der Waals surface area contributed by atoms with Crippen molar-refractivity contribution in [3.8, 4) is 0 Å². The quantitative estimate of drug-likeness (QED) is 0.726. The van der Waals surface area contributed by atoms with Crippen LogP contribution in [-0.4, -0.2) is 69.2 Å². The Labute approximate surface area is 142 Å². The Hall–Kier alpha value is -1.51. The molecule has 0 unspecified atom stereocenters. The molecule has 0 bridgehead atoms. The fourth-order valence-corrected chi connectivity index (χ4v) is 3.99. The third-order valence-electron chi connectivity index (χ3n) is 4.05. The first-order valence-electron chi connectivity index (χ1n) is 7.91. The van der Waals surface area contributed by atoms with Crippen molar-refractivity contribution >= 4 is 15.9 Å². The van der Waals surface area contributed by atoms with E-state index in [1.165, 1.54) is 23.5 Å². The summed E-state index contributed by atoms with van der Waals surface area (Å²) >= 11 is 0. The molecule has 1 aromatic rings. The number of ether oxygens (including phenoxy) is 1. The van der Waals surface area contributed by atoms with Crippen LogP contribution in [0.4, 0.5) is 4.39 Å². The van der Waals surface area contributed by atoms with E-state index in [1.807, 2.05) is 0 Å². The van der Waals surface area contributed by atoms with Crippen molar-refractivity contribution in [1.29, 1.82) is 0 Å². The molecule has 24 heavy (non-hydrogen) atoms. The summed E-state index contributed by atoms with van der Waals surface area (Å²) in [5.41, 5.74) is 0.782. The summed E-state index contributed by atoms with van der Waals surface area (Å²) in [4.78, 5) is 13.9. The number of nitrogens with zero attached hydrogens (tertiary/aromatic N) is 2. The van der Waals surface area contributed by atoms with Gasteiger partial charge in [-0.25, -0.2) is 12.8 Å². The highest BCUT2D eigenvalue weighted by Gasteiger charge is 2.28. The molecule has 0 N–H and O–H groups in total. The topological polar surface area (TPSA) is 66.9 Å². The lowest BCUT2D eigenvalue weighted by Gasteiger charge is -2.34. The van der Waals surface area contributed by atoms with Crippen molar-refractivity contribution < 1.29 is 22.3 Å². The van der Waals surface area contributed by atoms with Crippen molar-refractivity contribution in [3.05, 3.63) is 35.6 Å². The molecule has 0 radical (unpaired) electrons. The van der Waals surface area contributed by atoms with Gasteiger partial charge in [0.15, 0.2) is 0 Å². The van der Waals surface area contributed by atoms with Crippen LogP contribution in [0, 0.1) is 5.82 Å². The number of hydrogen-bond acceptors (Lipinski definition) is 4. The van der Waals surface area contributed by atoms with Crippen molar-refractivity contribution in [2.75, 3.05) is 45.6 Å². The second kappa shape index (κ2) is 8.55. The number of halogens is 1. The Kier molecular flexibility index (Phi) is 6.70. The molecular weight excluding hydrogens is 335 g/mol. The Morgan fingerprint density at radius 3 is 2.58 bits per heavy atom. The van der Waals surface area contributed by atoms with Gasteiger partial charge in [0.1, 0.15) is 5.82 Å². The fraction of sp³-hybridized carbons (Fsp3) is 0.562. The van der Waals surface area contributed by atoms with Crippen LogP contribution >= 0.6 is 0 Å². The molecule has 1 amide bonds. The molecule has 1 heterocycles. The van der Waals surface area contributed by atoms with Crippen molar-refractivity contribution in [3.63, 3.8) is 0 Å². The summed E-state index contributed by atoms with van der Waals surface area (Å²) in [6.45, 7) is 1.53. The predicted molar refractivity (Wildman–Crippen MR) is 88.5 cm³/mol. The van der Waals surface area contributed by atoms with Crippen molar-refractivity contribution in [2.24, 2.45) is 0 Å². The van der Waals surface area contributed by atoms with Crippen LogP contribution in [0.15, 0.2) is 24.3 Å². The van der Waals surface area contributed by atoms with E-state index in [1.54, 1.807) is 17.0 Å². The van der Waals surface area contributed by atoms with Gasteiger partial charge in [-0.3, -0.25) is 4.79 Å². The lowest BCUT2D eigenvalue weighted by Crippen LogP contribution is -2.51. The van der Waals surface area contributed by atoms with Crippen LogP contribution in [0.25, 0.3) is 0 Å². The zero-order valence-corrected chi connectivity index (χ0v) is 14.6. The summed E-state index contributed by atoms with van der Waals surface area (Å²) in [7, 11) is -1.86. The van der Waals surface area contributed by atoms with E-state index in [4.69, 9.17) is 4.74 Å². The van der Waals surface area contributed by atoms with E-state index in [0.717, 1.165) is 5.56 Å². The van der Waals surface area contributed by atoms with E-state index in [9.17, 15) is 17.6 Å². The first-order chi connectivity index (χ1) is 11.4. The number of amides is 1. The van der Waals surface area contributed by atoms with Gasteiger partial charge in [-0.1, -0.05) is 12.1 Å². The molecule has 1 aliphatic heterocycles. The molecule has 2 rings (SSSR count). The van der Waals surface area contributed by atoms with Gasteiger partial charge in [0.2, 0.25) is 15.9 Å². The molecule has 1 aromatic carbocycles. The van der Waals surface area contributed by atoms with Crippen LogP contribution < -0.4 is 0 Å². The minimum atomic E-state index is -3.33. The molecule has 0 atom stereocenters. The Balaban J connectivity index is 1.80. The number of aryl methyl sites for hydroxylation is 1. The number of hydrogen-bond donors (Lipinski definition) is 0. The molecule has 1 saturated heterocycles. The summed E-state index contributed by atoms with van der Waals surface area (Å²) in [6, 6.07) is 6.21. The fourth-order valence-electron chi connectivity index (χ4n) is 2.64. The molecule has 1 fully saturated rings. The number of carbonyl (C=O) groups is 1. The normalized spacial score (nSPS) is 16.3. The summed E-state index contributed by atoms with van der Waals surface area (Å²) in [5.74, 6) is -0.389. The van der Waals surface area contributed by atoms with Crippen LogP contribution in [0.1, 0.15) is 12.0 Å². The molecule has 6 nitrogen and oxygen atoms in total. The number of rotatable bonds is 7. The van der Waals surface area contributed by atoms with Crippen LogP contribution in [0.5, 0.6) is 0 Å². The number of methoxy groups -OCH3 is 1. The number of sulfonamides is 1. The van der Waals surface area contributed by atoms with Crippen LogP contribution in [0.2, 0.25) is 0 Å². The van der Waals surface area contributed by atoms with E-state index < -0.39 is 10.0 Å².